The van der Waals surface area contributed by atoms with Crippen LogP contribution in [0.25, 0.3) is 111 Å². The normalized spacial score (nSPS) is 11.6. The molecule has 0 unspecified atom stereocenters. The first kappa shape index (κ1) is 33.6. The molecule has 0 spiro atoms. The van der Waals surface area contributed by atoms with E-state index >= 15 is 0 Å². The molecule has 0 aliphatic rings. The lowest BCUT2D eigenvalue weighted by Gasteiger charge is -2.17. The first-order valence-electron chi connectivity index (χ1n) is 19.8. The third-order valence-corrected chi connectivity index (χ3v) is 11.8. The van der Waals surface area contributed by atoms with Gasteiger partial charge in [0.05, 0.1) is 22.1 Å². The summed E-state index contributed by atoms with van der Waals surface area (Å²) >= 11 is 0. The van der Waals surface area contributed by atoms with Gasteiger partial charge in [0.1, 0.15) is 0 Å². The smallest absolute Gasteiger partial charge is 0.0541 e. The van der Waals surface area contributed by atoms with Gasteiger partial charge in [0, 0.05) is 32.9 Å². The van der Waals surface area contributed by atoms with Crippen molar-refractivity contribution < 1.29 is 0 Å². The summed E-state index contributed by atoms with van der Waals surface area (Å²) in [6.45, 7) is 8.19. The van der Waals surface area contributed by atoms with Gasteiger partial charge in [-0.25, -0.2) is 0 Å². The molecule has 2 nitrogen and oxygen atoms in total. The number of aromatic nitrogens is 2. The summed E-state index contributed by atoms with van der Waals surface area (Å²) in [6, 6.07) is 71.1. The van der Waals surface area contributed by atoms with E-state index in [0.717, 1.165) is 50.3 Å². The van der Waals surface area contributed by atoms with Gasteiger partial charge in [-0.15, -0.1) is 0 Å². The highest BCUT2D eigenvalue weighted by Gasteiger charge is 2.18. The summed E-state index contributed by atoms with van der Waals surface area (Å²) in [5.41, 5.74) is 15.9. The predicted molar refractivity (Wildman–Crippen MR) is 249 cm³/mol. The molecule has 0 bridgehead atoms. The van der Waals surface area contributed by atoms with E-state index in [1.165, 1.54) is 59.9 Å². The average Bonchev–Trinajstić information content (AvgIpc) is 3.81. The molecule has 11 rings (SSSR count). The quantitative estimate of drug-likeness (QED) is 0.154. The van der Waals surface area contributed by atoms with Crippen LogP contribution in [0.2, 0.25) is 0 Å². The summed E-state index contributed by atoms with van der Waals surface area (Å²) in [6.07, 6.45) is 3.82. The molecule has 0 aliphatic carbocycles. The average molecular weight is 739 g/mol. The Morgan fingerprint density at radius 2 is 0.690 bits per heavy atom. The summed E-state index contributed by atoms with van der Waals surface area (Å²) in [4.78, 5) is 0. The fraction of sp³-hybridized carbons (Fsp3) is 0. The lowest BCUT2D eigenvalue weighted by Crippen LogP contribution is -2.00. The van der Waals surface area contributed by atoms with Crippen LogP contribution in [-0.2, 0) is 0 Å². The van der Waals surface area contributed by atoms with E-state index in [4.69, 9.17) is 0 Å². The highest BCUT2D eigenvalue weighted by atomic mass is 15.0. The number of hydrogen-bond donors (Lipinski definition) is 0. The SMILES string of the molecule is C=Cc1ccc(-c2cc(-c3cc(-n4c5ccccc5c5ccccc54)cc(-n4c5ccccc5c5ccccc54)c3)cc(-c3ccc4ccccc4c3)c2)cc1C=C. The molecule has 0 saturated carbocycles. The fourth-order valence-electron chi connectivity index (χ4n) is 9.03. The lowest BCUT2D eigenvalue weighted by molar-refractivity contribution is 1.13. The number of rotatable bonds is 7. The Hall–Kier alpha value is -7.68. The molecule has 9 aromatic carbocycles. The van der Waals surface area contributed by atoms with Crippen molar-refractivity contribution in [2.75, 3.05) is 0 Å². The number of hydrogen-bond acceptors (Lipinski definition) is 0. The molecule has 11 aromatic rings. The minimum Gasteiger partial charge on any atom is -0.309 e. The van der Waals surface area contributed by atoms with Crippen molar-refractivity contribution in [3.05, 3.63) is 218 Å². The highest BCUT2D eigenvalue weighted by Crippen LogP contribution is 2.40. The Balaban J connectivity index is 1.23. The van der Waals surface area contributed by atoms with Crippen LogP contribution >= 0.6 is 0 Å². The third-order valence-electron chi connectivity index (χ3n) is 11.8. The van der Waals surface area contributed by atoms with Crippen LogP contribution in [0.3, 0.4) is 0 Å². The van der Waals surface area contributed by atoms with E-state index in [1.54, 1.807) is 0 Å². The monoisotopic (exact) mass is 738 g/mol. The van der Waals surface area contributed by atoms with Gasteiger partial charge in [0.2, 0.25) is 0 Å². The first-order valence-corrected chi connectivity index (χ1v) is 19.8. The van der Waals surface area contributed by atoms with Crippen molar-refractivity contribution in [2.24, 2.45) is 0 Å². The summed E-state index contributed by atoms with van der Waals surface area (Å²) in [5, 5.41) is 7.41. The van der Waals surface area contributed by atoms with Crippen molar-refractivity contribution in [3.63, 3.8) is 0 Å². The van der Waals surface area contributed by atoms with Crippen molar-refractivity contribution in [1.82, 2.24) is 9.13 Å². The number of nitrogens with zero attached hydrogens (tertiary/aromatic N) is 2. The van der Waals surface area contributed by atoms with Crippen molar-refractivity contribution >= 4 is 66.5 Å². The Morgan fingerprint density at radius 3 is 1.19 bits per heavy atom. The van der Waals surface area contributed by atoms with Crippen LogP contribution in [0, 0.1) is 0 Å². The van der Waals surface area contributed by atoms with Gasteiger partial charge >= 0.3 is 0 Å². The zero-order chi connectivity index (χ0) is 38.7. The highest BCUT2D eigenvalue weighted by molar-refractivity contribution is 6.11. The Bertz CT molecular complexity index is 3210. The Labute approximate surface area is 337 Å². The number of benzene rings is 9. The van der Waals surface area contributed by atoms with Gasteiger partial charge < -0.3 is 9.13 Å². The van der Waals surface area contributed by atoms with Gasteiger partial charge in [-0.05, 0) is 128 Å². The van der Waals surface area contributed by atoms with E-state index in [1.807, 2.05) is 12.2 Å². The van der Waals surface area contributed by atoms with E-state index in [9.17, 15) is 0 Å². The van der Waals surface area contributed by atoms with Crippen LogP contribution in [0.1, 0.15) is 11.1 Å². The van der Waals surface area contributed by atoms with Crippen LogP contribution in [0.15, 0.2) is 207 Å². The first-order chi connectivity index (χ1) is 28.6. The molecular weight excluding hydrogens is 701 g/mol. The second-order valence-corrected chi connectivity index (χ2v) is 15.1. The molecular formula is C56H38N2. The molecule has 0 radical (unpaired) electrons. The van der Waals surface area contributed by atoms with Crippen molar-refractivity contribution in [1.29, 1.82) is 0 Å². The minimum atomic E-state index is 1.06. The molecule has 0 atom stereocenters. The van der Waals surface area contributed by atoms with Crippen LogP contribution in [-0.4, -0.2) is 9.13 Å². The minimum absolute atomic E-state index is 1.06. The van der Waals surface area contributed by atoms with E-state index < -0.39 is 0 Å². The van der Waals surface area contributed by atoms with Gasteiger partial charge in [-0.3, -0.25) is 0 Å². The van der Waals surface area contributed by atoms with Gasteiger partial charge in [0.15, 0.2) is 0 Å². The molecule has 0 N–H and O–H groups in total. The van der Waals surface area contributed by atoms with Gasteiger partial charge in [-0.2, -0.15) is 0 Å². The van der Waals surface area contributed by atoms with Gasteiger partial charge in [0.25, 0.3) is 0 Å². The second-order valence-electron chi connectivity index (χ2n) is 15.1. The Morgan fingerprint density at radius 1 is 0.293 bits per heavy atom. The summed E-state index contributed by atoms with van der Waals surface area (Å²) in [5.74, 6) is 0. The second kappa shape index (κ2) is 13.5. The predicted octanol–water partition coefficient (Wildman–Crippen LogP) is 15.3. The zero-order valence-corrected chi connectivity index (χ0v) is 31.9. The fourth-order valence-corrected chi connectivity index (χ4v) is 9.03. The van der Waals surface area contributed by atoms with Gasteiger partial charge in [-0.1, -0.05) is 147 Å². The molecule has 0 amide bonds. The van der Waals surface area contributed by atoms with E-state index in [0.29, 0.717) is 0 Å². The molecule has 2 heteroatoms. The molecule has 0 saturated heterocycles. The molecule has 0 aliphatic heterocycles. The van der Waals surface area contributed by atoms with E-state index in [2.05, 4.69) is 216 Å². The number of para-hydroxylation sites is 4. The maximum absolute atomic E-state index is 4.14. The van der Waals surface area contributed by atoms with E-state index in [-0.39, 0.29) is 0 Å². The summed E-state index contributed by atoms with van der Waals surface area (Å²) in [7, 11) is 0. The maximum atomic E-state index is 4.14. The van der Waals surface area contributed by atoms with Crippen molar-refractivity contribution in [2.45, 2.75) is 0 Å². The maximum Gasteiger partial charge on any atom is 0.0541 e. The summed E-state index contributed by atoms with van der Waals surface area (Å²) < 4.78 is 4.87. The largest absolute Gasteiger partial charge is 0.309 e. The van der Waals surface area contributed by atoms with Crippen LogP contribution < -0.4 is 0 Å². The molecule has 2 aromatic heterocycles. The lowest BCUT2D eigenvalue weighted by atomic mass is 9.91. The number of fused-ring (bicyclic) bond motifs is 7. The molecule has 2 heterocycles. The topological polar surface area (TPSA) is 9.86 Å². The third kappa shape index (κ3) is 5.42. The molecule has 58 heavy (non-hydrogen) atoms. The molecule has 272 valence electrons. The standard InChI is InChI=1S/C56H38N2/c1-3-37-25-27-41(29-38(37)4-2)43-31-44(42-28-26-39-15-5-6-16-40(39)30-42)33-45(32-43)46-34-47(57-53-21-11-7-17-49(53)50-18-8-12-22-54(50)57)36-48(35-46)58-55-23-13-9-19-51(55)52-20-10-14-24-56(52)58/h3-36H,1-2H2. The molecule has 0 fully saturated rings. The zero-order valence-electron chi connectivity index (χ0n) is 31.9. The van der Waals surface area contributed by atoms with Crippen LogP contribution in [0.4, 0.5) is 0 Å². The van der Waals surface area contributed by atoms with Crippen molar-refractivity contribution in [3.8, 4) is 44.8 Å². The Kier molecular flexibility index (Phi) is 7.84. The van der Waals surface area contributed by atoms with Crippen LogP contribution in [0.5, 0.6) is 0 Å².